The molecular weight excluding hydrogens is 213 g/mol. The van der Waals surface area contributed by atoms with Crippen molar-refractivity contribution >= 4 is 14.0 Å². The van der Waals surface area contributed by atoms with E-state index in [1.807, 2.05) is 0 Å². The van der Waals surface area contributed by atoms with Crippen molar-refractivity contribution in [2.75, 3.05) is 7.11 Å². The molecule has 5 atom stereocenters. The Hall–Kier alpha value is -0.625. The molecule has 0 aliphatic carbocycles. The van der Waals surface area contributed by atoms with E-state index in [4.69, 9.17) is 22.2 Å². The van der Waals surface area contributed by atoms with Crippen molar-refractivity contribution in [3.63, 3.8) is 0 Å². The van der Waals surface area contributed by atoms with Crippen molar-refractivity contribution < 1.29 is 24.0 Å². The lowest BCUT2D eigenvalue weighted by Crippen LogP contribution is -2.63. The van der Waals surface area contributed by atoms with Crippen LogP contribution in [0, 0.1) is 0 Å². The zero-order valence-electron chi connectivity index (χ0n) is 9.54. The van der Waals surface area contributed by atoms with Crippen LogP contribution in [-0.2, 0) is 18.9 Å². The minimum atomic E-state index is -0.923. The Kier molecular flexibility index (Phi) is 4.73. The highest BCUT2D eigenvalue weighted by Crippen LogP contribution is 2.23. The topological polar surface area (TPSA) is 77.0 Å². The lowest BCUT2D eigenvalue weighted by atomic mass is 9.96. The Morgan fingerprint density at radius 2 is 2.19 bits per heavy atom. The first-order chi connectivity index (χ1) is 7.51. The molecule has 0 bridgehead atoms. The second kappa shape index (κ2) is 5.63. The third-order valence-electron chi connectivity index (χ3n) is 2.57. The molecule has 1 aliphatic heterocycles. The molecule has 1 saturated heterocycles. The number of carbonyl (C=O) groups excluding carboxylic acids is 1. The van der Waals surface area contributed by atoms with Gasteiger partial charge in [0.15, 0.2) is 6.29 Å². The van der Waals surface area contributed by atoms with Gasteiger partial charge in [-0.1, -0.05) is 0 Å². The summed E-state index contributed by atoms with van der Waals surface area (Å²) in [6.45, 7) is 3.03. The average Bonchev–Trinajstić information content (AvgIpc) is 2.23. The van der Waals surface area contributed by atoms with E-state index in [1.165, 1.54) is 14.0 Å². The summed E-state index contributed by atoms with van der Waals surface area (Å²) in [5, 5.41) is 12.4. The summed E-state index contributed by atoms with van der Waals surface area (Å²) >= 11 is 0. The average molecular weight is 229 g/mol. The first kappa shape index (κ1) is 13.4. The highest BCUT2D eigenvalue weighted by molar-refractivity contribution is 5.98. The summed E-state index contributed by atoms with van der Waals surface area (Å²) in [6.07, 6.45) is -2.87. The van der Waals surface area contributed by atoms with Crippen molar-refractivity contribution in [1.29, 1.82) is 0 Å². The van der Waals surface area contributed by atoms with Crippen LogP contribution in [0.2, 0.25) is 0 Å². The van der Waals surface area contributed by atoms with Gasteiger partial charge < -0.3 is 24.6 Å². The second-order valence-corrected chi connectivity index (χ2v) is 3.76. The number of amides is 1. The molecular formula is C9H16BNO5. The van der Waals surface area contributed by atoms with E-state index in [9.17, 15) is 9.90 Å². The van der Waals surface area contributed by atoms with Gasteiger partial charge in [-0.05, 0) is 6.92 Å². The van der Waals surface area contributed by atoms with Crippen molar-refractivity contribution in [3.05, 3.63) is 0 Å². The number of nitrogens with one attached hydrogen (secondary N) is 1. The maximum Gasteiger partial charge on any atom is 0.283 e. The molecule has 16 heavy (non-hydrogen) atoms. The molecule has 0 unspecified atom stereocenters. The highest BCUT2D eigenvalue weighted by atomic mass is 16.7. The largest absolute Gasteiger partial charge is 0.440 e. The molecule has 0 aromatic rings. The fourth-order valence-electron chi connectivity index (χ4n) is 1.76. The fraction of sp³-hybridized carbons (Fsp3) is 0.889. The number of methoxy groups -OCH3 is 1. The molecule has 2 radical (unpaired) electrons. The highest BCUT2D eigenvalue weighted by Gasteiger charge is 2.44. The number of aliphatic hydroxyl groups is 1. The zero-order valence-corrected chi connectivity index (χ0v) is 9.54. The third kappa shape index (κ3) is 2.73. The van der Waals surface area contributed by atoms with E-state index < -0.39 is 30.6 Å². The number of rotatable bonds is 3. The van der Waals surface area contributed by atoms with E-state index in [0.717, 1.165) is 0 Å². The van der Waals surface area contributed by atoms with Crippen LogP contribution < -0.4 is 5.32 Å². The Morgan fingerprint density at radius 1 is 1.56 bits per heavy atom. The van der Waals surface area contributed by atoms with Crippen LogP contribution in [0.4, 0.5) is 0 Å². The SMILES string of the molecule is [B]O[C@H]1[C@@H](O)[C@@H](C)O[C@H](OC)[C@@H]1NC(C)=O. The quantitative estimate of drug-likeness (QED) is 0.589. The number of hydrogen-bond donors (Lipinski definition) is 2. The smallest absolute Gasteiger partial charge is 0.283 e. The molecule has 6 nitrogen and oxygen atoms in total. The van der Waals surface area contributed by atoms with Crippen molar-refractivity contribution in [1.82, 2.24) is 5.32 Å². The summed E-state index contributed by atoms with van der Waals surface area (Å²) < 4.78 is 15.1. The van der Waals surface area contributed by atoms with E-state index in [1.54, 1.807) is 6.92 Å². The number of carbonyl (C=O) groups is 1. The van der Waals surface area contributed by atoms with Gasteiger partial charge in [-0.2, -0.15) is 0 Å². The van der Waals surface area contributed by atoms with Gasteiger partial charge in [0.05, 0.1) is 12.2 Å². The van der Waals surface area contributed by atoms with Crippen molar-refractivity contribution in [2.45, 2.75) is 44.5 Å². The van der Waals surface area contributed by atoms with Gasteiger partial charge >= 0.3 is 0 Å². The molecule has 2 N–H and O–H groups in total. The minimum Gasteiger partial charge on any atom is -0.440 e. The van der Waals surface area contributed by atoms with Crippen LogP contribution in [0.1, 0.15) is 13.8 Å². The summed E-state index contributed by atoms with van der Waals surface area (Å²) in [7, 11) is 6.56. The van der Waals surface area contributed by atoms with Crippen molar-refractivity contribution in [3.8, 4) is 0 Å². The molecule has 90 valence electrons. The molecule has 1 rings (SSSR count). The predicted octanol–water partition coefficient (Wildman–Crippen LogP) is -1.29. The molecule has 0 saturated carbocycles. The molecule has 1 aliphatic rings. The Labute approximate surface area is 95.7 Å². The van der Waals surface area contributed by atoms with Crippen LogP contribution in [0.3, 0.4) is 0 Å². The standard InChI is InChI=1S/C9H16BNO5/c1-4-7(13)8(16-10)6(11-5(2)12)9(14-3)15-4/h4,6-9,13H,1-3H3,(H,11,12)/t4-,6-,7+,8-,9+/m1/s1. The maximum absolute atomic E-state index is 11.0. The lowest BCUT2D eigenvalue weighted by molar-refractivity contribution is -0.247. The van der Waals surface area contributed by atoms with Crippen LogP contribution in [-0.4, -0.2) is 56.8 Å². The van der Waals surface area contributed by atoms with Gasteiger partial charge in [0.1, 0.15) is 12.1 Å². The van der Waals surface area contributed by atoms with Gasteiger partial charge in [0.25, 0.3) is 8.05 Å². The normalized spacial score (nSPS) is 39.4. The summed E-state index contributed by atoms with van der Waals surface area (Å²) in [5.74, 6) is -0.278. The second-order valence-electron chi connectivity index (χ2n) is 3.76. The van der Waals surface area contributed by atoms with E-state index in [-0.39, 0.29) is 5.91 Å². The Morgan fingerprint density at radius 3 is 2.62 bits per heavy atom. The number of ether oxygens (including phenoxy) is 2. The minimum absolute atomic E-state index is 0.278. The van der Waals surface area contributed by atoms with Gasteiger partial charge in [0, 0.05) is 14.0 Å². The molecule has 7 heteroatoms. The lowest BCUT2D eigenvalue weighted by Gasteiger charge is -2.43. The van der Waals surface area contributed by atoms with Gasteiger partial charge in [-0.15, -0.1) is 0 Å². The Balaban J connectivity index is 2.83. The van der Waals surface area contributed by atoms with E-state index in [0.29, 0.717) is 0 Å². The first-order valence-corrected chi connectivity index (χ1v) is 5.00. The summed E-state index contributed by atoms with van der Waals surface area (Å²) in [4.78, 5) is 11.0. The van der Waals surface area contributed by atoms with E-state index in [2.05, 4.69) is 5.32 Å². The molecule has 0 spiro atoms. The van der Waals surface area contributed by atoms with Crippen LogP contribution in [0.15, 0.2) is 0 Å². The molecule has 1 fully saturated rings. The molecule has 1 amide bonds. The molecule has 1 heterocycles. The molecule has 0 aromatic carbocycles. The first-order valence-electron chi connectivity index (χ1n) is 5.00. The van der Waals surface area contributed by atoms with Crippen LogP contribution >= 0.6 is 0 Å². The summed E-state index contributed by atoms with van der Waals surface area (Å²) in [5.41, 5.74) is 0. The van der Waals surface area contributed by atoms with Gasteiger partial charge in [-0.3, -0.25) is 4.79 Å². The Bertz CT molecular complexity index is 252. The van der Waals surface area contributed by atoms with Crippen LogP contribution in [0.5, 0.6) is 0 Å². The fourth-order valence-corrected chi connectivity index (χ4v) is 1.76. The van der Waals surface area contributed by atoms with Crippen LogP contribution in [0.25, 0.3) is 0 Å². The molecule has 0 aromatic heterocycles. The predicted molar refractivity (Wildman–Crippen MR) is 55.6 cm³/mol. The third-order valence-corrected chi connectivity index (χ3v) is 2.57. The zero-order chi connectivity index (χ0) is 12.3. The number of aliphatic hydroxyl groups excluding tert-OH is 1. The monoisotopic (exact) mass is 229 g/mol. The van der Waals surface area contributed by atoms with Gasteiger partial charge in [0.2, 0.25) is 5.91 Å². The van der Waals surface area contributed by atoms with Crippen molar-refractivity contribution in [2.24, 2.45) is 0 Å². The maximum atomic E-state index is 11.0. The van der Waals surface area contributed by atoms with Gasteiger partial charge in [-0.25, -0.2) is 0 Å². The number of hydrogen-bond acceptors (Lipinski definition) is 5. The summed E-state index contributed by atoms with van der Waals surface area (Å²) in [6, 6.07) is -0.640. The van der Waals surface area contributed by atoms with E-state index >= 15 is 0 Å².